The highest BCUT2D eigenvalue weighted by Crippen LogP contribution is 2.47. The van der Waals surface area contributed by atoms with Crippen LogP contribution in [0.25, 0.3) is 10.9 Å². The van der Waals surface area contributed by atoms with Crippen LogP contribution in [0.15, 0.2) is 66.9 Å². The average Bonchev–Trinajstić information content (AvgIpc) is 3.90. The molecule has 1 saturated heterocycles. The molecular weight excluding hydrogens is 637 g/mol. The molecule has 0 atom stereocenters. The van der Waals surface area contributed by atoms with Crippen LogP contribution in [0.3, 0.4) is 0 Å². The number of benzene rings is 3. The number of hydrogen-bond acceptors (Lipinski definition) is 8. The fraction of sp³-hybridized carbons (Fsp3) is 0.410. The van der Waals surface area contributed by atoms with Crippen molar-refractivity contribution in [2.24, 2.45) is 5.41 Å². The molecule has 4 aromatic rings. The molecule has 264 valence electrons. The van der Waals surface area contributed by atoms with Crippen molar-refractivity contribution in [3.63, 3.8) is 0 Å². The summed E-state index contributed by atoms with van der Waals surface area (Å²) in [5.74, 6) is -0.420. The van der Waals surface area contributed by atoms with Gasteiger partial charge in [0, 0.05) is 73.4 Å². The Morgan fingerprint density at radius 2 is 1.68 bits per heavy atom. The van der Waals surface area contributed by atoms with E-state index < -0.39 is 17.1 Å². The van der Waals surface area contributed by atoms with Gasteiger partial charge >= 0.3 is 0 Å². The molecule has 2 fully saturated rings. The van der Waals surface area contributed by atoms with Gasteiger partial charge in [0.05, 0.1) is 12.1 Å². The maximum absolute atomic E-state index is 15.4. The number of likely N-dealkylation sites (N-methyl/N-ethyl adjacent to an activating group) is 1. The molecule has 3 aromatic carbocycles. The van der Waals surface area contributed by atoms with Crippen molar-refractivity contribution in [2.45, 2.75) is 52.7 Å². The lowest BCUT2D eigenvalue weighted by atomic mass is 10.0. The highest BCUT2D eigenvalue weighted by atomic mass is 19.1. The van der Waals surface area contributed by atoms with Crippen LogP contribution in [0.4, 0.5) is 15.8 Å². The van der Waals surface area contributed by atoms with Gasteiger partial charge in [-0.1, -0.05) is 31.5 Å². The molecule has 1 aliphatic heterocycles. The van der Waals surface area contributed by atoms with Crippen LogP contribution >= 0.6 is 0 Å². The smallest absolute Gasteiger partial charge is 0.240 e. The Bertz CT molecular complexity index is 1820. The minimum atomic E-state index is -1.18. The van der Waals surface area contributed by atoms with Crippen LogP contribution in [0.2, 0.25) is 0 Å². The molecule has 1 aromatic heterocycles. The number of aromatic nitrogens is 1. The average molecular weight is 684 g/mol. The van der Waals surface area contributed by atoms with E-state index in [0.717, 1.165) is 50.3 Å². The van der Waals surface area contributed by atoms with Crippen molar-refractivity contribution in [1.29, 1.82) is 0 Å². The number of nitrogens with one attached hydrogen (secondary N) is 2. The molecule has 2 N–H and O–H groups in total. The Hall–Kier alpha value is -4.58. The van der Waals surface area contributed by atoms with Gasteiger partial charge in [0.2, 0.25) is 11.8 Å². The Kier molecular flexibility index (Phi) is 11.0. The summed E-state index contributed by atoms with van der Waals surface area (Å²) < 4.78 is 33.2. The van der Waals surface area contributed by atoms with Crippen molar-refractivity contribution in [3.8, 4) is 17.2 Å². The van der Waals surface area contributed by atoms with Crippen LogP contribution in [-0.2, 0) is 20.9 Å². The molecule has 2 amide bonds. The number of hydrogen-bond donors (Lipinski definition) is 2. The predicted octanol–water partition coefficient (Wildman–Crippen LogP) is 6.77. The van der Waals surface area contributed by atoms with Crippen molar-refractivity contribution < 1.29 is 28.2 Å². The second kappa shape index (κ2) is 15.5. The summed E-state index contributed by atoms with van der Waals surface area (Å²) in [4.78, 5) is 35.6. The lowest BCUT2D eigenvalue weighted by Crippen LogP contribution is -2.60. The van der Waals surface area contributed by atoms with Crippen LogP contribution < -0.4 is 20.1 Å². The van der Waals surface area contributed by atoms with Gasteiger partial charge in [-0.3, -0.25) is 24.4 Å². The molecule has 0 unspecified atom stereocenters. The predicted molar refractivity (Wildman–Crippen MR) is 192 cm³/mol. The number of rotatable bonds is 16. The zero-order chi connectivity index (χ0) is 35.3. The Balaban J connectivity index is 1.09. The molecule has 0 radical (unpaired) electrons. The number of halogens is 1. The summed E-state index contributed by atoms with van der Waals surface area (Å²) in [6, 6.07) is 17.6. The number of fused-ring (bicyclic) bond motifs is 1. The fourth-order valence-electron chi connectivity index (χ4n) is 6.41. The lowest BCUT2D eigenvalue weighted by Gasteiger charge is -2.45. The van der Waals surface area contributed by atoms with E-state index in [1.165, 1.54) is 12.1 Å². The number of nitrogens with zero attached hydrogens (tertiary/aromatic N) is 3. The standard InChI is InChI=1S/C39H46FN5O5/c1-5-17-45(6-2)30-23-44(24-30)18-19-49-36-22-33-31(20-27(36)25-48-4)34(13-16-41-33)50-35-12-11-29(21-32(35)40)43-38(47)39(14-15-39)37(46)42-28-9-7-26(3)8-10-28/h7-13,16,20-22,30H,5-6,14-15,17-19,23-25H2,1-4H3,(H,42,46)(H,43,47). The third kappa shape index (κ3) is 7.90. The molecule has 0 spiro atoms. The number of pyridine rings is 1. The summed E-state index contributed by atoms with van der Waals surface area (Å²) in [5, 5.41) is 6.23. The summed E-state index contributed by atoms with van der Waals surface area (Å²) in [7, 11) is 1.63. The SMILES string of the molecule is CCCN(CC)C1CN(CCOc2cc3nccc(Oc4ccc(NC(=O)C5(C(=O)Nc6ccc(C)cc6)CC5)cc4F)c3cc2COC)C1. The number of methoxy groups -OCH3 is 1. The molecular formula is C39H46FN5O5. The third-order valence-electron chi connectivity index (χ3n) is 9.56. The van der Waals surface area contributed by atoms with E-state index in [1.807, 2.05) is 31.2 Å². The van der Waals surface area contributed by atoms with Gasteiger partial charge in [0.1, 0.15) is 23.5 Å². The first-order valence-electron chi connectivity index (χ1n) is 17.4. The monoisotopic (exact) mass is 683 g/mol. The van der Waals surface area contributed by atoms with Gasteiger partial charge in [-0.2, -0.15) is 0 Å². The summed E-state index contributed by atoms with van der Waals surface area (Å²) in [6.07, 6.45) is 3.61. The molecule has 50 heavy (non-hydrogen) atoms. The van der Waals surface area contributed by atoms with Gasteiger partial charge in [-0.05, 0) is 75.7 Å². The fourth-order valence-corrected chi connectivity index (χ4v) is 6.41. The maximum Gasteiger partial charge on any atom is 0.240 e. The molecule has 10 nitrogen and oxygen atoms in total. The number of carbonyl (C=O) groups excluding carboxylic acids is 2. The zero-order valence-corrected chi connectivity index (χ0v) is 29.3. The highest BCUT2D eigenvalue weighted by molar-refractivity contribution is 6.16. The first kappa shape index (κ1) is 35.3. The van der Waals surface area contributed by atoms with Crippen molar-refractivity contribution in [3.05, 3.63) is 83.8 Å². The second-order valence-electron chi connectivity index (χ2n) is 13.2. The van der Waals surface area contributed by atoms with Gasteiger partial charge < -0.3 is 24.8 Å². The third-order valence-corrected chi connectivity index (χ3v) is 9.56. The van der Waals surface area contributed by atoms with Gasteiger partial charge in [-0.25, -0.2) is 4.39 Å². The summed E-state index contributed by atoms with van der Waals surface area (Å²) >= 11 is 0. The van der Waals surface area contributed by atoms with Crippen LogP contribution in [-0.4, -0.2) is 79.1 Å². The van der Waals surface area contributed by atoms with Gasteiger partial charge in [0.15, 0.2) is 11.6 Å². The van der Waals surface area contributed by atoms with Crippen LogP contribution in [0.1, 0.15) is 44.2 Å². The Morgan fingerprint density at radius 3 is 2.34 bits per heavy atom. The highest BCUT2D eigenvalue weighted by Gasteiger charge is 2.56. The minimum absolute atomic E-state index is 0.0178. The molecule has 1 aliphatic carbocycles. The van der Waals surface area contributed by atoms with E-state index in [4.69, 9.17) is 14.2 Å². The summed E-state index contributed by atoms with van der Waals surface area (Å²) in [6.45, 7) is 12.4. The van der Waals surface area contributed by atoms with E-state index >= 15 is 4.39 Å². The second-order valence-corrected chi connectivity index (χ2v) is 13.2. The van der Waals surface area contributed by atoms with Crippen LogP contribution in [0, 0.1) is 18.2 Å². The molecule has 0 bridgehead atoms. The van der Waals surface area contributed by atoms with E-state index in [0.29, 0.717) is 60.2 Å². The number of likely N-dealkylation sites (tertiary alicyclic amines) is 1. The number of carbonyl (C=O) groups is 2. The number of amides is 2. The minimum Gasteiger partial charge on any atom is -0.492 e. The molecule has 2 aliphatic rings. The van der Waals surface area contributed by atoms with E-state index in [1.54, 1.807) is 37.6 Å². The van der Waals surface area contributed by atoms with Crippen molar-refractivity contribution in [2.75, 3.05) is 57.1 Å². The van der Waals surface area contributed by atoms with E-state index in [-0.39, 0.29) is 17.3 Å². The van der Waals surface area contributed by atoms with E-state index in [9.17, 15) is 9.59 Å². The molecule has 6 rings (SSSR count). The molecule has 11 heteroatoms. The normalized spacial score (nSPS) is 15.5. The Labute approximate surface area is 292 Å². The first-order chi connectivity index (χ1) is 24.2. The van der Waals surface area contributed by atoms with E-state index in [2.05, 4.69) is 39.3 Å². The topological polar surface area (TPSA) is 105 Å². The maximum atomic E-state index is 15.4. The summed E-state index contributed by atoms with van der Waals surface area (Å²) in [5.41, 5.74) is 2.21. The quantitative estimate of drug-likeness (QED) is 0.125. The van der Waals surface area contributed by atoms with Gasteiger partial charge in [-0.15, -0.1) is 0 Å². The van der Waals surface area contributed by atoms with Crippen LogP contribution in [0.5, 0.6) is 17.2 Å². The van der Waals surface area contributed by atoms with Gasteiger partial charge in [0.25, 0.3) is 0 Å². The number of anilines is 2. The Morgan fingerprint density at radius 1 is 0.960 bits per heavy atom. The molecule has 1 saturated carbocycles. The lowest BCUT2D eigenvalue weighted by molar-refractivity contribution is -0.131. The molecule has 2 heterocycles. The largest absolute Gasteiger partial charge is 0.492 e. The number of ether oxygens (including phenoxy) is 3. The van der Waals surface area contributed by atoms with Crippen molar-refractivity contribution in [1.82, 2.24) is 14.8 Å². The van der Waals surface area contributed by atoms with Crippen molar-refractivity contribution >= 4 is 34.1 Å². The first-order valence-corrected chi connectivity index (χ1v) is 17.4. The number of aryl methyl sites for hydroxylation is 1. The zero-order valence-electron chi connectivity index (χ0n) is 29.3.